The number of aromatic nitrogens is 2. The quantitative estimate of drug-likeness (QED) is 0.872. The van der Waals surface area contributed by atoms with Crippen LogP contribution in [0.4, 0.5) is 0 Å². The molecule has 1 amide bonds. The SMILES string of the molecule is CON(C)C(=O)c1cn[nH]c1Cc1cccc(C)c1Br. The van der Waals surface area contributed by atoms with E-state index in [1.165, 1.54) is 18.4 Å². The van der Waals surface area contributed by atoms with Gasteiger partial charge in [0.05, 0.1) is 24.6 Å². The zero-order chi connectivity index (χ0) is 14.7. The molecule has 0 atom stereocenters. The van der Waals surface area contributed by atoms with Crippen molar-refractivity contribution in [1.82, 2.24) is 15.3 Å². The van der Waals surface area contributed by atoms with Crippen LogP contribution < -0.4 is 0 Å². The number of nitrogens with zero attached hydrogens (tertiary/aromatic N) is 2. The van der Waals surface area contributed by atoms with Crippen LogP contribution in [-0.4, -0.2) is 35.3 Å². The second-order valence-corrected chi connectivity index (χ2v) is 5.27. The van der Waals surface area contributed by atoms with Crippen molar-refractivity contribution in [2.45, 2.75) is 13.3 Å². The van der Waals surface area contributed by atoms with E-state index >= 15 is 0 Å². The van der Waals surface area contributed by atoms with Crippen LogP contribution in [0.3, 0.4) is 0 Å². The second kappa shape index (κ2) is 6.19. The third-order valence-electron chi connectivity index (χ3n) is 3.15. The summed E-state index contributed by atoms with van der Waals surface area (Å²) in [4.78, 5) is 17.0. The van der Waals surface area contributed by atoms with Gasteiger partial charge in [0, 0.05) is 17.9 Å². The monoisotopic (exact) mass is 337 g/mol. The van der Waals surface area contributed by atoms with Crippen LogP contribution in [0.2, 0.25) is 0 Å². The van der Waals surface area contributed by atoms with Crippen LogP contribution in [0, 0.1) is 6.92 Å². The van der Waals surface area contributed by atoms with Crippen molar-refractivity contribution in [3.8, 4) is 0 Å². The highest BCUT2D eigenvalue weighted by atomic mass is 79.9. The normalized spacial score (nSPS) is 10.6. The molecule has 0 aliphatic rings. The van der Waals surface area contributed by atoms with Gasteiger partial charge in [0.2, 0.25) is 0 Å². The Labute approximate surface area is 126 Å². The maximum Gasteiger partial charge on any atom is 0.280 e. The van der Waals surface area contributed by atoms with Crippen molar-refractivity contribution in [3.05, 3.63) is 51.3 Å². The molecule has 0 aliphatic carbocycles. The van der Waals surface area contributed by atoms with Gasteiger partial charge >= 0.3 is 0 Å². The summed E-state index contributed by atoms with van der Waals surface area (Å²) in [5.74, 6) is -0.222. The molecule has 6 heteroatoms. The number of carbonyl (C=O) groups is 1. The van der Waals surface area contributed by atoms with Gasteiger partial charge in [-0.15, -0.1) is 0 Å². The van der Waals surface area contributed by atoms with Gasteiger partial charge < -0.3 is 0 Å². The number of aryl methyl sites for hydroxylation is 1. The van der Waals surface area contributed by atoms with Gasteiger partial charge in [-0.3, -0.25) is 14.7 Å². The minimum atomic E-state index is -0.222. The molecule has 1 aromatic heterocycles. The molecule has 2 aromatic rings. The fourth-order valence-electron chi connectivity index (χ4n) is 1.92. The van der Waals surface area contributed by atoms with Gasteiger partial charge in [0.25, 0.3) is 5.91 Å². The Morgan fingerprint density at radius 3 is 2.95 bits per heavy atom. The van der Waals surface area contributed by atoms with Gasteiger partial charge in [-0.25, -0.2) is 5.06 Å². The zero-order valence-corrected chi connectivity index (χ0v) is 13.2. The van der Waals surface area contributed by atoms with Crippen molar-refractivity contribution in [2.24, 2.45) is 0 Å². The van der Waals surface area contributed by atoms with E-state index in [0.717, 1.165) is 21.3 Å². The highest BCUT2D eigenvalue weighted by Crippen LogP contribution is 2.24. The first-order chi connectivity index (χ1) is 9.54. The number of hydrogen-bond acceptors (Lipinski definition) is 3. The summed E-state index contributed by atoms with van der Waals surface area (Å²) in [5.41, 5.74) is 3.54. The highest BCUT2D eigenvalue weighted by molar-refractivity contribution is 9.10. The van der Waals surface area contributed by atoms with Crippen molar-refractivity contribution in [1.29, 1.82) is 0 Å². The third-order valence-corrected chi connectivity index (χ3v) is 4.28. The molecule has 1 aromatic carbocycles. The number of carbonyl (C=O) groups excluding carboxylic acids is 1. The van der Waals surface area contributed by atoms with Gasteiger partial charge in [-0.2, -0.15) is 5.10 Å². The standard InChI is InChI=1S/C14H16BrN3O2/c1-9-5-4-6-10(13(9)15)7-12-11(8-16-17-12)14(19)18(2)20-3/h4-6,8H,7H2,1-3H3,(H,16,17). The van der Waals surface area contributed by atoms with E-state index in [9.17, 15) is 4.79 Å². The fraction of sp³-hybridized carbons (Fsp3) is 0.286. The van der Waals surface area contributed by atoms with Crippen LogP contribution in [-0.2, 0) is 11.3 Å². The largest absolute Gasteiger partial charge is 0.281 e. The van der Waals surface area contributed by atoms with Gasteiger partial charge in [-0.05, 0) is 18.1 Å². The Morgan fingerprint density at radius 2 is 2.25 bits per heavy atom. The lowest BCUT2D eigenvalue weighted by atomic mass is 10.0. The molecule has 0 saturated heterocycles. The Balaban J connectivity index is 2.29. The number of H-pyrrole nitrogens is 1. The molecule has 0 radical (unpaired) electrons. The second-order valence-electron chi connectivity index (χ2n) is 4.47. The first-order valence-electron chi connectivity index (χ1n) is 6.13. The topological polar surface area (TPSA) is 58.2 Å². The van der Waals surface area contributed by atoms with E-state index in [2.05, 4.69) is 26.1 Å². The Morgan fingerprint density at radius 1 is 1.50 bits per heavy atom. The molecule has 20 heavy (non-hydrogen) atoms. The average molecular weight is 338 g/mol. The maximum absolute atomic E-state index is 12.1. The van der Waals surface area contributed by atoms with Crippen LogP contribution in [0.5, 0.6) is 0 Å². The summed E-state index contributed by atoms with van der Waals surface area (Å²) >= 11 is 3.58. The summed E-state index contributed by atoms with van der Waals surface area (Å²) in [7, 11) is 3.02. The zero-order valence-electron chi connectivity index (χ0n) is 11.6. The number of rotatable bonds is 4. The minimum absolute atomic E-state index is 0.222. The fourth-order valence-corrected chi connectivity index (χ4v) is 2.32. The molecule has 0 spiro atoms. The van der Waals surface area contributed by atoms with E-state index in [1.807, 2.05) is 25.1 Å². The number of amides is 1. The predicted molar refractivity (Wildman–Crippen MR) is 79.4 cm³/mol. The molecule has 2 rings (SSSR count). The molecular formula is C14H16BrN3O2. The first-order valence-corrected chi connectivity index (χ1v) is 6.92. The van der Waals surface area contributed by atoms with Gasteiger partial charge in [-0.1, -0.05) is 34.1 Å². The molecule has 0 aliphatic heterocycles. The Hall–Kier alpha value is -1.66. The highest BCUT2D eigenvalue weighted by Gasteiger charge is 2.18. The number of hydrogen-bond donors (Lipinski definition) is 1. The van der Waals surface area contributed by atoms with Crippen molar-refractivity contribution in [3.63, 3.8) is 0 Å². The third kappa shape index (κ3) is 2.91. The molecule has 1 N–H and O–H groups in total. The van der Waals surface area contributed by atoms with E-state index in [0.29, 0.717) is 12.0 Å². The Kier molecular flexibility index (Phi) is 4.57. The predicted octanol–water partition coefficient (Wildman–Crippen LogP) is 2.70. The Bertz CT molecular complexity index is 625. The summed E-state index contributed by atoms with van der Waals surface area (Å²) in [5, 5.41) is 8.03. The summed E-state index contributed by atoms with van der Waals surface area (Å²) < 4.78 is 1.05. The number of hydroxylamine groups is 2. The maximum atomic E-state index is 12.1. The molecular weight excluding hydrogens is 322 g/mol. The van der Waals surface area contributed by atoms with Gasteiger partial charge in [0.15, 0.2) is 0 Å². The molecule has 0 unspecified atom stereocenters. The molecule has 0 saturated carbocycles. The van der Waals surface area contributed by atoms with Crippen molar-refractivity contribution < 1.29 is 9.63 Å². The van der Waals surface area contributed by atoms with Crippen LogP contribution in [0.1, 0.15) is 27.2 Å². The first kappa shape index (κ1) is 14.7. The smallest absolute Gasteiger partial charge is 0.280 e. The van der Waals surface area contributed by atoms with E-state index in [4.69, 9.17) is 4.84 Å². The number of nitrogens with one attached hydrogen (secondary N) is 1. The lowest BCUT2D eigenvalue weighted by Gasteiger charge is -2.13. The van der Waals surface area contributed by atoms with Crippen molar-refractivity contribution in [2.75, 3.05) is 14.2 Å². The molecule has 1 heterocycles. The minimum Gasteiger partial charge on any atom is -0.281 e. The van der Waals surface area contributed by atoms with Crippen LogP contribution >= 0.6 is 15.9 Å². The molecule has 0 bridgehead atoms. The summed E-state index contributed by atoms with van der Waals surface area (Å²) in [6.45, 7) is 2.03. The summed E-state index contributed by atoms with van der Waals surface area (Å²) in [6.07, 6.45) is 2.12. The number of aromatic amines is 1. The molecule has 0 fully saturated rings. The van der Waals surface area contributed by atoms with E-state index in [1.54, 1.807) is 7.05 Å². The molecule has 106 valence electrons. The lowest BCUT2D eigenvalue weighted by Crippen LogP contribution is -2.26. The number of benzene rings is 1. The van der Waals surface area contributed by atoms with E-state index < -0.39 is 0 Å². The van der Waals surface area contributed by atoms with Gasteiger partial charge in [0.1, 0.15) is 0 Å². The van der Waals surface area contributed by atoms with Crippen LogP contribution in [0.15, 0.2) is 28.9 Å². The van der Waals surface area contributed by atoms with E-state index in [-0.39, 0.29) is 5.91 Å². The summed E-state index contributed by atoms with van der Waals surface area (Å²) in [6, 6.07) is 6.05. The van der Waals surface area contributed by atoms with Crippen LogP contribution in [0.25, 0.3) is 0 Å². The molecule has 5 nitrogen and oxygen atoms in total. The average Bonchev–Trinajstić information content (AvgIpc) is 2.90. The lowest BCUT2D eigenvalue weighted by molar-refractivity contribution is -0.0757. The van der Waals surface area contributed by atoms with Crippen molar-refractivity contribution >= 4 is 21.8 Å². The number of halogens is 1.